The van der Waals surface area contributed by atoms with Crippen LogP contribution in [0.4, 0.5) is 14.6 Å². The molecule has 0 aliphatic carbocycles. The maximum absolute atomic E-state index is 13.6. The Morgan fingerprint density at radius 1 is 1.68 bits per heavy atom. The molecule has 2 atom stereocenters. The summed E-state index contributed by atoms with van der Waals surface area (Å²) >= 11 is 3.17. The summed E-state index contributed by atoms with van der Waals surface area (Å²) < 4.78 is 31.9. The van der Waals surface area contributed by atoms with E-state index >= 15 is 0 Å². The molecule has 2 rings (SSSR count). The molecule has 0 spiro atoms. The average Bonchev–Trinajstić information content (AvgIpc) is 2.71. The lowest BCUT2D eigenvalue weighted by molar-refractivity contribution is -0.144. The van der Waals surface area contributed by atoms with Crippen molar-refractivity contribution in [2.45, 2.75) is 25.6 Å². The fraction of sp³-hybridized carbons (Fsp3) is 0.500. The number of pyridine rings is 1. The second kappa shape index (κ2) is 5.81. The van der Waals surface area contributed by atoms with Gasteiger partial charge >= 0.3 is 5.97 Å². The Kier molecular flexibility index (Phi) is 4.34. The minimum atomic E-state index is -1.13. The lowest BCUT2D eigenvalue weighted by Crippen LogP contribution is -2.38. The molecule has 0 radical (unpaired) electrons. The molecule has 4 nitrogen and oxygen atoms in total. The normalized spacial score (nSPS) is 22.6. The maximum atomic E-state index is 13.6. The lowest BCUT2D eigenvalue weighted by Gasteiger charge is -2.24. The highest BCUT2D eigenvalue weighted by atomic mass is 79.9. The molecular weight excluding hydrogens is 322 g/mol. The van der Waals surface area contributed by atoms with Crippen molar-refractivity contribution in [2.24, 2.45) is 0 Å². The van der Waals surface area contributed by atoms with E-state index < -0.39 is 24.0 Å². The van der Waals surface area contributed by atoms with Crippen molar-refractivity contribution in [3.63, 3.8) is 0 Å². The van der Waals surface area contributed by atoms with E-state index in [1.165, 1.54) is 11.0 Å². The molecular formula is C12H13BrF2N2O2. The number of esters is 1. The fourth-order valence-electron chi connectivity index (χ4n) is 2.10. The van der Waals surface area contributed by atoms with Crippen molar-refractivity contribution < 1.29 is 18.3 Å². The van der Waals surface area contributed by atoms with E-state index in [0.29, 0.717) is 10.3 Å². The van der Waals surface area contributed by atoms with Gasteiger partial charge in [0, 0.05) is 6.42 Å². The number of carbonyl (C=O) groups excluding carboxylic acids is 1. The number of alkyl halides is 1. The molecule has 1 fully saturated rings. The number of anilines is 1. The van der Waals surface area contributed by atoms with E-state index in [2.05, 4.69) is 20.9 Å². The molecule has 1 aliphatic rings. The first-order valence-electron chi connectivity index (χ1n) is 5.91. The Hall–Kier alpha value is -1.24. The van der Waals surface area contributed by atoms with Gasteiger partial charge in [-0.15, -0.1) is 0 Å². The first-order chi connectivity index (χ1) is 9.02. The number of ether oxygens (including phenoxy) is 1. The minimum Gasteiger partial charge on any atom is -0.464 e. The zero-order chi connectivity index (χ0) is 14.0. The second-order valence-corrected chi connectivity index (χ2v) is 5.07. The molecule has 2 heterocycles. The van der Waals surface area contributed by atoms with E-state index in [4.69, 9.17) is 4.74 Å². The van der Waals surface area contributed by atoms with Crippen LogP contribution in [0.1, 0.15) is 13.3 Å². The highest BCUT2D eigenvalue weighted by Crippen LogP contribution is 2.32. The molecule has 0 saturated carbocycles. The zero-order valence-electron chi connectivity index (χ0n) is 10.3. The molecule has 19 heavy (non-hydrogen) atoms. The standard InChI is InChI=1S/C12H13BrF2N2O2/c1-2-19-12(18)10-4-8(15)6-17(10)11-9(13)3-7(14)5-16-11/h3,5,8,10H,2,4,6H2,1H3/t8-,10-/m0/s1. The van der Waals surface area contributed by atoms with Crippen LogP contribution in [0.3, 0.4) is 0 Å². The molecule has 0 unspecified atom stereocenters. The molecule has 0 aromatic carbocycles. The molecule has 0 amide bonds. The van der Waals surface area contributed by atoms with Crippen LogP contribution in [-0.4, -0.2) is 36.3 Å². The fourth-order valence-corrected chi connectivity index (χ4v) is 2.65. The summed E-state index contributed by atoms with van der Waals surface area (Å²) in [5, 5.41) is 0. The summed E-state index contributed by atoms with van der Waals surface area (Å²) in [6.07, 6.45) is -0.0359. The van der Waals surface area contributed by atoms with Gasteiger partial charge in [0.05, 0.1) is 23.8 Å². The van der Waals surface area contributed by atoms with Gasteiger partial charge in [-0.1, -0.05) is 0 Å². The second-order valence-electron chi connectivity index (χ2n) is 4.21. The van der Waals surface area contributed by atoms with Crippen LogP contribution in [0.5, 0.6) is 0 Å². The Bertz CT molecular complexity index is 487. The van der Waals surface area contributed by atoms with E-state index in [0.717, 1.165) is 6.20 Å². The third kappa shape index (κ3) is 3.02. The Morgan fingerprint density at radius 3 is 3.05 bits per heavy atom. The van der Waals surface area contributed by atoms with Crippen LogP contribution in [0.15, 0.2) is 16.7 Å². The smallest absolute Gasteiger partial charge is 0.328 e. The van der Waals surface area contributed by atoms with Crippen LogP contribution in [0, 0.1) is 5.82 Å². The number of carbonyl (C=O) groups is 1. The molecule has 1 aromatic heterocycles. The predicted octanol–water partition coefficient (Wildman–Crippen LogP) is 2.46. The summed E-state index contributed by atoms with van der Waals surface area (Å²) in [7, 11) is 0. The summed E-state index contributed by atoms with van der Waals surface area (Å²) in [5.74, 6) is -0.639. The van der Waals surface area contributed by atoms with Crippen LogP contribution in [0.25, 0.3) is 0 Å². The Labute approximate surface area is 117 Å². The van der Waals surface area contributed by atoms with Crippen molar-refractivity contribution >= 4 is 27.7 Å². The van der Waals surface area contributed by atoms with Gasteiger partial charge in [0.1, 0.15) is 23.8 Å². The third-order valence-electron chi connectivity index (χ3n) is 2.87. The Morgan fingerprint density at radius 2 is 2.42 bits per heavy atom. The van der Waals surface area contributed by atoms with Crippen LogP contribution in [0.2, 0.25) is 0 Å². The highest BCUT2D eigenvalue weighted by molar-refractivity contribution is 9.10. The maximum Gasteiger partial charge on any atom is 0.328 e. The molecule has 7 heteroatoms. The van der Waals surface area contributed by atoms with E-state index in [-0.39, 0.29) is 19.6 Å². The van der Waals surface area contributed by atoms with Crippen molar-refractivity contribution in [3.05, 3.63) is 22.6 Å². The molecule has 104 valence electrons. The van der Waals surface area contributed by atoms with Crippen molar-refractivity contribution in [2.75, 3.05) is 18.1 Å². The Balaban J connectivity index is 2.27. The topological polar surface area (TPSA) is 42.4 Å². The van der Waals surface area contributed by atoms with Gasteiger partial charge in [-0.2, -0.15) is 0 Å². The number of hydrogen-bond donors (Lipinski definition) is 0. The van der Waals surface area contributed by atoms with E-state index in [9.17, 15) is 13.6 Å². The summed E-state index contributed by atoms with van der Waals surface area (Å²) in [6.45, 7) is 1.97. The number of nitrogens with zero attached hydrogens (tertiary/aromatic N) is 2. The first-order valence-corrected chi connectivity index (χ1v) is 6.70. The molecule has 1 aliphatic heterocycles. The quantitative estimate of drug-likeness (QED) is 0.796. The summed E-state index contributed by atoms with van der Waals surface area (Å²) in [4.78, 5) is 17.2. The zero-order valence-corrected chi connectivity index (χ0v) is 11.9. The van der Waals surface area contributed by atoms with Crippen molar-refractivity contribution in [1.29, 1.82) is 0 Å². The number of hydrogen-bond acceptors (Lipinski definition) is 4. The van der Waals surface area contributed by atoms with Crippen LogP contribution in [-0.2, 0) is 9.53 Å². The van der Waals surface area contributed by atoms with Gasteiger partial charge in [0.15, 0.2) is 0 Å². The molecule has 1 aromatic rings. The van der Waals surface area contributed by atoms with Crippen molar-refractivity contribution in [1.82, 2.24) is 4.98 Å². The van der Waals surface area contributed by atoms with E-state index in [1.54, 1.807) is 6.92 Å². The average molecular weight is 335 g/mol. The SMILES string of the molecule is CCOC(=O)[C@@H]1C[C@H](F)CN1c1ncc(F)cc1Br. The minimum absolute atomic E-state index is 0.0424. The van der Waals surface area contributed by atoms with Gasteiger partial charge in [0.2, 0.25) is 0 Å². The van der Waals surface area contributed by atoms with Crippen LogP contribution >= 0.6 is 15.9 Å². The largest absolute Gasteiger partial charge is 0.464 e. The molecule has 0 N–H and O–H groups in total. The third-order valence-corrected chi connectivity index (χ3v) is 3.45. The molecule has 0 bridgehead atoms. The van der Waals surface area contributed by atoms with Crippen LogP contribution < -0.4 is 4.90 Å². The summed E-state index contributed by atoms with van der Waals surface area (Å²) in [5.41, 5.74) is 0. The van der Waals surface area contributed by atoms with Gasteiger partial charge < -0.3 is 9.64 Å². The van der Waals surface area contributed by atoms with Gasteiger partial charge in [-0.3, -0.25) is 0 Å². The van der Waals surface area contributed by atoms with E-state index in [1.807, 2.05) is 0 Å². The number of aromatic nitrogens is 1. The molecule has 1 saturated heterocycles. The highest BCUT2D eigenvalue weighted by Gasteiger charge is 2.39. The number of rotatable bonds is 3. The first kappa shape index (κ1) is 14.2. The van der Waals surface area contributed by atoms with Gasteiger partial charge in [0.25, 0.3) is 0 Å². The van der Waals surface area contributed by atoms with Crippen molar-refractivity contribution in [3.8, 4) is 0 Å². The number of halogens is 3. The summed E-state index contributed by atoms with van der Waals surface area (Å²) in [6, 6.07) is 0.514. The lowest BCUT2D eigenvalue weighted by atomic mass is 10.2. The van der Waals surface area contributed by atoms with Gasteiger partial charge in [-0.05, 0) is 28.9 Å². The predicted molar refractivity (Wildman–Crippen MR) is 69.2 cm³/mol. The van der Waals surface area contributed by atoms with Gasteiger partial charge in [-0.25, -0.2) is 18.6 Å². The monoisotopic (exact) mass is 334 g/mol.